The van der Waals surface area contributed by atoms with Gasteiger partial charge >= 0.3 is 0 Å². The Kier molecular flexibility index (Phi) is 5.49. The van der Waals surface area contributed by atoms with Crippen molar-refractivity contribution in [3.63, 3.8) is 0 Å². The molecule has 7 N–H and O–H groups in total. The van der Waals surface area contributed by atoms with Gasteiger partial charge in [0.2, 0.25) is 11.6 Å². The van der Waals surface area contributed by atoms with E-state index in [0.29, 0.717) is 0 Å². The predicted molar refractivity (Wildman–Crippen MR) is 96.9 cm³/mol. The van der Waals surface area contributed by atoms with Crippen LogP contribution >= 0.6 is 0 Å². The zero-order chi connectivity index (χ0) is 17.6. The minimum atomic E-state index is 0.743. The van der Waals surface area contributed by atoms with E-state index in [1.165, 1.54) is 21.6 Å². The van der Waals surface area contributed by atoms with E-state index >= 15 is 0 Å². The molecule has 0 fully saturated rings. The van der Waals surface area contributed by atoms with E-state index in [9.17, 15) is 5.26 Å². The van der Waals surface area contributed by atoms with Gasteiger partial charge in [0.15, 0.2) is 0 Å². The number of hydrogen-bond acceptors (Lipinski definition) is 3. The van der Waals surface area contributed by atoms with Crippen LogP contribution in [0, 0.1) is 11.3 Å². The molecule has 1 aliphatic heterocycles. The maximum atomic E-state index is 9.69. The Morgan fingerprint density at radius 3 is 2.72 bits per heavy atom. The summed E-state index contributed by atoms with van der Waals surface area (Å²) < 4.78 is 0. The second-order valence-corrected chi connectivity index (χ2v) is 6.57. The molecule has 0 spiro atoms. The number of anilines is 2. The van der Waals surface area contributed by atoms with Crippen LogP contribution in [0.25, 0.3) is 0 Å². The van der Waals surface area contributed by atoms with Crippen LogP contribution in [0.2, 0.25) is 0 Å². The zero-order valence-corrected chi connectivity index (χ0v) is 14.8. The molecule has 1 atom stereocenters. The second kappa shape index (κ2) is 7.97. The van der Waals surface area contributed by atoms with Gasteiger partial charge < -0.3 is 16.0 Å². The number of H-pyrrole nitrogens is 1. The molecular formula is C19H27N6+3. The van der Waals surface area contributed by atoms with Crippen LogP contribution in [0.1, 0.15) is 22.3 Å². The standard InChI is InChI=1S/C19H24N6/c1-25-10-7-15-16(11-21)18(22-9-8-20)24-19(17(15)13-25)23-12-14-5-3-2-4-6-14/h2-6H,7-10,12-13,20H2,1H3,(H2,22,23,24)/p+3. The molecule has 0 bridgehead atoms. The van der Waals surface area contributed by atoms with Gasteiger partial charge in [-0.15, -0.1) is 0 Å². The Morgan fingerprint density at radius 1 is 1.20 bits per heavy atom. The van der Waals surface area contributed by atoms with E-state index in [-0.39, 0.29) is 0 Å². The quantitative estimate of drug-likeness (QED) is 0.556. The first-order valence-corrected chi connectivity index (χ1v) is 8.86. The largest absolute Gasteiger partial charge is 0.355 e. The van der Waals surface area contributed by atoms with Gasteiger partial charge in [-0.1, -0.05) is 30.3 Å². The molecular weight excluding hydrogens is 312 g/mol. The number of hydrogen-bond donors (Lipinski definition) is 4. The molecule has 2 heterocycles. The van der Waals surface area contributed by atoms with E-state index in [1.807, 2.05) is 18.2 Å². The number of nitriles is 1. The number of aromatic amines is 1. The summed E-state index contributed by atoms with van der Waals surface area (Å²) in [5, 5.41) is 16.6. The van der Waals surface area contributed by atoms with Gasteiger partial charge in [-0.2, -0.15) is 5.26 Å². The molecule has 3 rings (SSSR count). The first kappa shape index (κ1) is 17.2. The third-order valence-corrected chi connectivity index (χ3v) is 4.65. The maximum Gasteiger partial charge on any atom is 0.237 e. The van der Waals surface area contributed by atoms with Gasteiger partial charge in [0.05, 0.1) is 25.7 Å². The fourth-order valence-corrected chi connectivity index (χ4v) is 3.32. The number of aromatic nitrogens is 1. The van der Waals surface area contributed by atoms with Crippen LogP contribution in [0.15, 0.2) is 30.3 Å². The SMILES string of the molecule is C[NH+]1CCc2c(C#N)c(NCC[NH3+])[nH+]c(NCc3ccccc3)c2C1. The molecule has 1 aliphatic rings. The summed E-state index contributed by atoms with van der Waals surface area (Å²) in [5.74, 6) is 1.82. The summed E-state index contributed by atoms with van der Waals surface area (Å²) in [5.41, 5.74) is 8.27. The highest BCUT2D eigenvalue weighted by atomic mass is 15.1. The lowest BCUT2D eigenvalue weighted by atomic mass is 9.96. The molecule has 0 radical (unpaired) electrons. The average Bonchev–Trinajstić information content (AvgIpc) is 2.65. The topological polar surface area (TPSA) is 94.1 Å². The van der Waals surface area contributed by atoms with E-state index in [4.69, 9.17) is 0 Å². The van der Waals surface area contributed by atoms with E-state index in [1.54, 1.807) is 0 Å². The normalized spacial score (nSPS) is 16.0. The molecule has 0 amide bonds. The van der Waals surface area contributed by atoms with Crippen LogP contribution in [0.5, 0.6) is 0 Å². The number of likely N-dealkylation sites (N-methyl/N-ethyl adjacent to an activating group) is 1. The van der Waals surface area contributed by atoms with E-state index < -0.39 is 0 Å². The van der Waals surface area contributed by atoms with Crippen molar-refractivity contribution in [3.8, 4) is 6.07 Å². The molecule has 1 aromatic carbocycles. The van der Waals surface area contributed by atoms with Crippen LogP contribution in [-0.2, 0) is 19.5 Å². The molecule has 130 valence electrons. The molecule has 1 unspecified atom stereocenters. The molecule has 0 aliphatic carbocycles. The molecule has 0 saturated carbocycles. The summed E-state index contributed by atoms with van der Waals surface area (Å²) in [6.45, 7) is 4.25. The fourth-order valence-electron chi connectivity index (χ4n) is 3.32. The van der Waals surface area contributed by atoms with Crippen molar-refractivity contribution in [3.05, 3.63) is 52.6 Å². The third kappa shape index (κ3) is 3.90. The minimum absolute atomic E-state index is 0.743. The average molecular weight is 339 g/mol. The Bertz CT molecular complexity index is 766. The lowest BCUT2D eigenvalue weighted by Crippen LogP contribution is -3.08. The second-order valence-electron chi connectivity index (χ2n) is 6.57. The Labute approximate surface area is 148 Å². The Hall–Kier alpha value is -2.62. The number of nitrogens with zero attached hydrogens (tertiary/aromatic N) is 1. The number of benzene rings is 1. The summed E-state index contributed by atoms with van der Waals surface area (Å²) >= 11 is 0. The number of quaternary nitrogens is 2. The number of fused-ring (bicyclic) bond motifs is 1. The molecule has 2 aromatic rings. The maximum absolute atomic E-state index is 9.69. The summed E-state index contributed by atoms with van der Waals surface area (Å²) in [6.07, 6.45) is 0.928. The number of pyridine rings is 1. The Balaban J connectivity index is 1.96. The van der Waals surface area contributed by atoms with Gasteiger partial charge in [0.1, 0.15) is 31.3 Å². The Morgan fingerprint density at radius 2 is 2.00 bits per heavy atom. The van der Waals surface area contributed by atoms with Crippen molar-refractivity contribution >= 4 is 11.6 Å². The van der Waals surface area contributed by atoms with Crippen LogP contribution in [-0.4, -0.2) is 26.7 Å². The van der Waals surface area contributed by atoms with E-state index in [2.05, 4.69) is 46.6 Å². The highest BCUT2D eigenvalue weighted by Crippen LogP contribution is 2.25. The van der Waals surface area contributed by atoms with Gasteiger partial charge in [-0.05, 0) is 11.1 Å². The highest BCUT2D eigenvalue weighted by molar-refractivity contribution is 5.60. The first-order valence-electron chi connectivity index (χ1n) is 8.86. The fraction of sp³-hybridized carbons (Fsp3) is 0.368. The number of nitrogens with one attached hydrogen (secondary N) is 4. The van der Waals surface area contributed by atoms with Crippen molar-refractivity contribution < 1.29 is 15.6 Å². The summed E-state index contributed by atoms with van der Waals surface area (Å²) in [4.78, 5) is 4.90. The smallest absolute Gasteiger partial charge is 0.237 e. The highest BCUT2D eigenvalue weighted by Gasteiger charge is 2.28. The van der Waals surface area contributed by atoms with Gasteiger partial charge in [0, 0.05) is 6.42 Å². The van der Waals surface area contributed by atoms with Crippen molar-refractivity contribution in [2.45, 2.75) is 19.5 Å². The predicted octanol–water partition coefficient (Wildman–Crippen LogP) is -0.791. The van der Waals surface area contributed by atoms with Gasteiger partial charge in [-0.3, -0.25) is 5.32 Å². The van der Waals surface area contributed by atoms with Crippen LogP contribution in [0.3, 0.4) is 0 Å². The summed E-state index contributed by atoms with van der Waals surface area (Å²) in [6, 6.07) is 12.7. The lowest BCUT2D eigenvalue weighted by Gasteiger charge is -2.24. The molecule has 0 saturated heterocycles. The molecule has 6 heteroatoms. The zero-order valence-electron chi connectivity index (χ0n) is 14.8. The van der Waals surface area contributed by atoms with Crippen molar-refractivity contribution in [2.24, 2.45) is 0 Å². The van der Waals surface area contributed by atoms with Crippen molar-refractivity contribution in [1.29, 1.82) is 5.26 Å². The summed E-state index contributed by atoms with van der Waals surface area (Å²) in [7, 11) is 2.20. The molecule has 1 aromatic heterocycles. The van der Waals surface area contributed by atoms with Crippen molar-refractivity contribution in [2.75, 3.05) is 37.3 Å². The molecule has 6 nitrogen and oxygen atoms in total. The monoisotopic (exact) mass is 339 g/mol. The molecule has 25 heavy (non-hydrogen) atoms. The van der Waals surface area contributed by atoms with Gasteiger partial charge in [0.25, 0.3) is 0 Å². The van der Waals surface area contributed by atoms with Gasteiger partial charge in [-0.25, -0.2) is 4.98 Å². The first-order chi connectivity index (χ1) is 12.2. The van der Waals surface area contributed by atoms with Crippen molar-refractivity contribution in [1.82, 2.24) is 0 Å². The number of rotatable bonds is 6. The van der Waals surface area contributed by atoms with Crippen LogP contribution < -0.4 is 26.3 Å². The van der Waals surface area contributed by atoms with Crippen LogP contribution in [0.4, 0.5) is 11.6 Å². The lowest BCUT2D eigenvalue weighted by molar-refractivity contribution is -0.895. The minimum Gasteiger partial charge on any atom is -0.355 e. The van der Waals surface area contributed by atoms with E-state index in [0.717, 1.165) is 56.3 Å². The third-order valence-electron chi connectivity index (χ3n) is 4.65.